The van der Waals surface area contributed by atoms with Gasteiger partial charge in [0.1, 0.15) is 12.3 Å². The lowest BCUT2D eigenvalue weighted by molar-refractivity contribution is -0.116. The number of hydrogen-bond acceptors (Lipinski definition) is 4. The van der Waals surface area contributed by atoms with Crippen LogP contribution in [0.5, 0.6) is 0 Å². The molecule has 1 aliphatic carbocycles. The second-order valence-electron chi connectivity index (χ2n) is 6.08. The minimum Gasteiger partial charge on any atom is -0.360 e. The van der Waals surface area contributed by atoms with Gasteiger partial charge in [-0.25, -0.2) is 4.79 Å². The first-order chi connectivity index (χ1) is 11.1. The highest BCUT2D eigenvalue weighted by Crippen LogP contribution is 2.17. The summed E-state index contributed by atoms with van der Waals surface area (Å²) in [5.41, 5.74) is 0. The molecule has 0 spiro atoms. The summed E-state index contributed by atoms with van der Waals surface area (Å²) < 4.78 is 4.91. The van der Waals surface area contributed by atoms with Gasteiger partial charge in [0.25, 0.3) is 0 Å². The van der Waals surface area contributed by atoms with E-state index in [1.54, 1.807) is 17.9 Å². The molecule has 0 radical (unpaired) electrons. The molecule has 1 aromatic rings. The van der Waals surface area contributed by atoms with Crippen LogP contribution in [0.3, 0.4) is 0 Å². The molecule has 0 atom stereocenters. The first-order valence-electron chi connectivity index (χ1n) is 8.37. The first kappa shape index (κ1) is 17.3. The largest absolute Gasteiger partial charge is 0.360 e. The Hall–Kier alpha value is -2.05. The van der Waals surface area contributed by atoms with E-state index in [4.69, 9.17) is 4.52 Å². The molecule has 2 N–H and O–H groups in total. The summed E-state index contributed by atoms with van der Waals surface area (Å²) in [6.45, 7) is 4.30. The molecule has 0 aliphatic heterocycles. The number of aromatic nitrogens is 1. The molecule has 0 bridgehead atoms. The summed E-state index contributed by atoms with van der Waals surface area (Å²) in [5, 5.41) is 9.42. The number of aryl methyl sites for hydroxylation is 1. The van der Waals surface area contributed by atoms with Gasteiger partial charge in [0.05, 0.1) is 0 Å². The number of nitrogens with one attached hydrogen (secondary N) is 2. The summed E-state index contributed by atoms with van der Waals surface area (Å²) in [6.07, 6.45) is 6.40. The predicted molar refractivity (Wildman–Crippen MR) is 87.1 cm³/mol. The van der Waals surface area contributed by atoms with Crippen LogP contribution in [0.2, 0.25) is 0 Å². The monoisotopic (exact) mass is 322 g/mol. The number of anilines is 1. The van der Waals surface area contributed by atoms with Crippen molar-refractivity contribution in [1.29, 1.82) is 0 Å². The van der Waals surface area contributed by atoms with Gasteiger partial charge >= 0.3 is 6.03 Å². The number of hydrogen-bond donors (Lipinski definition) is 2. The molecular formula is C16H26N4O3. The van der Waals surface area contributed by atoms with Crippen LogP contribution in [0.4, 0.5) is 10.6 Å². The smallest absolute Gasteiger partial charge is 0.318 e. The van der Waals surface area contributed by atoms with Gasteiger partial charge < -0.3 is 20.1 Å². The van der Waals surface area contributed by atoms with E-state index in [2.05, 4.69) is 15.8 Å². The van der Waals surface area contributed by atoms with Gasteiger partial charge in [-0.3, -0.25) is 4.79 Å². The molecule has 1 fully saturated rings. The molecule has 128 valence electrons. The molecule has 0 saturated heterocycles. The Bertz CT molecular complexity index is 523. The number of rotatable bonds is 6. The highest BCUT2D eigenvalue weighted by atomic mass is 16.5. The SMILES string of the molecule is CCCN(CC(=O)Nc1cc(C)on1)C(=O)NC1CCCCC1. The van der Waals surface area contributed by atoms with Gasteiger partial charge in [-0.2, -0.15) is 0 Å². The quantitative estimate of drug-likeness (QED) is 0.843. The van der Waals surface area contributed by atoms with E-state index in [1.165, 1.54) is 6.42 Å². The lowest BCUT2D eigenvalue weighted by atomic mass is 9.96. The fourth-order valence-corrected chi connectivity index (χ4v) is 2.82. The molecule has 1 saturated carbocycles. The molecule has 3 amide bonds. The molecule has 1 aliphatic rings. The molecule has 0 unspecified atom stereocenters. The molecule has 1 aromatic heterocycles. The fourth-order valence-electron chi connectivity index (χ4n) is 2.82. The summed E-state index contributed by atoms with van der Waals surface area (Å²) in [7, 11) is 0. The molecule has 1 heterocycles. The van der Waals surface area contributed by atoms with E-state index in [9.17, 15) is 9.59 Å². The number of carbonyl (C=O) groups excluding carboxylic acids is 2. The van der Waals surface area contributed by atoms with Crippen LogP contribution in [-0.2, 0) is 4.79 Å². The van der Waals surface area contributed by atoms with Crippen LogP contribution >= 0.6 is 0 Å². The second-order valence-corrected chi connectivity index (χ2v) is 6.08. The average Bonchev–Trinajstić information content (AvgIpc) is 2.92. The van der Waals surface area contributed by atoms with Crippen molar-refractivity contribution >= 4 is 17.8 Å². The van der Waals surface area contributed by atoms with Crippen molar-refractivity contribution in [2.75, 3.05) is 18.4 Å². The van der Waals surface area contributed by atoms with E-state index in [0.717, 1.165) is 32.1 Å². The first-order valence-corrected chi connectivity index (χ1v) is 8.37. The number of urea groups is 1. The van der Waals surface area contributed by atoms with Crippen molar-refractivity contribution in [2.24, 2.45) is 0 Å². The highest BCUT2D eigenvalue weighted by molar-refractivity contribution is 5.93. The Balaban J connectivity index is 1.86. The van der Waals surface area contributed by atoms with Gasteiger partial charge in [0.2, 0.25) is 5.91 Å². The maximum absolute atomic E-state index is 12.4. The predicted octanol–water partition coefficient (Wildman–Crippen LogP) is 2.68. The minimum atomic E-state index is -0.273. The van der Waals surface area contributed by atoms with Crippen molar-refractivity contribution in [2.45, 2.75) is 58.4 Å². The van der Waals surface area contributed by atoms with Crippen LogP contribution in [0.15, 0.2) is 10.6 Å². The molecule has 23 heavy (non-hydrogen) atoms. The summed E-state index contributed by atoms with van der Waals surface area (Å²) in [5.74, 6) is 0.725. The van der Waals surface area contributed by atoms with Crippen LogP contribution in [0.25, 0.3) is 0 Å². The Morgan fingerprint density at radius 2 is 2.09 bits per heavy atom. The Labute approximate surface area is 136 Å². The highest BCUT2D eigenvalue weighted by Gasteiger charge is 2.21. The third-order valence-electron chi connectivity index (χ3n) is 3.94. The Kier molecular flexibility index (Phi) is 6.43. The topological polar surface area (TPSA) is 87.5 Å². The third-order valence-corrected chi connectivity index (χ3v) is 3.94. The lowest BCUT2D eigenvalue weighted by Gasteiger charge is -2.27. The zero-order valence-electron chi connectivity index (χ0n) is 13.9. The summed E-state index contributed by atoms with van der Waals surface area (Å²) in [6, 6.07) is 1.71. The number of nitrogens with zero attached hydrogens (tertiary/aromatic N) is 2. The standard InChI is InChI=1S/C16H26N4O3/c1-3-9-20(16(22)17-13-7-5-4-6-8-13)11-15(21)18-14-10-12(2)23-19-14/h10,13H,3-9,11H2,1-2H3,(H,17,22)(H,18,19,21). The van der Waals surface area contributed by atoms with Gasteiger partial charge in [-0.1, -0.05) is 31.3 Å². The number of amides is 3. The Morgan fingerprint density at radius 3 is 2.70 bits per heavy atom. The second kappa shape index (κ2) is 8.55. The fraction of sp³-hybridized carbons (Fsp3) is 0.688. The number of carbonyl (C=O) groups is 2. The van der Waals surface area contributed by atoms with Crippen LogP contribution in [-0.4, -0.2) is 41.1 Å². The molecule has 0 aromatic carbocycles. The van der Waals surface area contributed by atoms with Crippen molar-refractivity contribution in [1.82, 2.24) is 15.4 Å². The van der Waals surface area contributed by atoms with Crippen molar-refractivity contribution in [3.05, 3.63) is 11.8 Å². The molecular weight excluding hydrogens is 296 g/mol. The van der Waals surface area contributed by atoms with Crippen molar-refractivity contribution in [3.63, 3.8) is 0 Å². The van der Waals surface area contributed by atoms with E-state index < -0.39 is 0 Å². The van der Waals surface area contributed by atoms with Crippen molar-refractivity contribution < 1.29 is 14.1 Å². The summed E-state index contributed by atoms with van der Waals surface area (Å²) >= 11 is 0. The van der Waals surface area contributed by atoms with Crippen LogP contribution in [0, 0.1) is 6.92 Å². The maximum atomic E-state index is 12.4. The summed E-state index contributed by atoms with van der Waals surface area (Å²) in [4.78, 5) is 26.0. The van der Waals surface area contributed by atoms with Crippen LogP contribution in [0.1, 0.15) is 51.2 Å². The maximum Gasteiger partial charge on any atom is 0.318 e. The minimum absolute atomic E-state index is 0.0122. The van der Waals surface area contributed by atoms with Crippen molar-refractivity contribution in [3.8, 4) is 0 Å². The van der Waals surface area contributed by atoms with E-state index in [1.807, 2.05) is 6.92 Å². The average molecular weight is 322 g/mol. The molecule has 7 heteroatoms. The van der Waals surface area contributed by atoms with E-state index in [-0.39, 0.29) is 24.5 Å². The van der Waals surface area contributed by atoms with Gasteiger partial charge in [-0.15, -0.1) is 0 Å². The zero-order chi connectivity index (χ0) is 16.7. The normalized spacial score (nSPS) is 15.2. The van der Waals surface area contributed by atoms with Gasteiger partial charge in [-0.05, 0) is 26.2 Å². The molecule has 7 nitrogen and oxygen atoms in total. The van der Waals surface area contributed by atoms with Gasteiger partial charge in [0.15, 0.2) is 5.82 Å². The molecule has 2 rings (SSSR count). The van der Waals surface area contributed by atoms with E-state index >= 15 is 0 Å². The zero-order valence-corrected chi connectivity index (χ0v) is 13.9. The lowest BCUT2D eigenvalue weighted by Crippen LogP contribution is -2.48. The van der Waals surface area contributed by atoms with E-state index in [0.29, 0.717) is 18.1 Å². The van der Waals surface area contributed by atoms with Crippen LogP contribution < -0.4 is 10.6 Å². The van der Waals surface area contributed by atoms with Gasteiger partial charge in [0, 0.05) is 18.7 Å². The Morgan fingerprint density at radius 1 is 1.35 bits per heavy atom. The third kappa shape index (κ3) is 5.58.